The van der Waals surface area contributed by atoms with Crippen LogP contribution in [-0.2, 0) is 12.7 Å². The van der Waals surface area contributed by atoms with E-state index in [1.807, 2.05) is 17.6 Å². The minimum absolute atomic E-state index is 0.0253. The molecule has 2 aromatic heterocycles. The van der Waals surface area contributed by atoms with Gasteiger partial charge in [-0.05, 0) is 80.2 Å². The monoisotopic (exact) mass is 530 g/mol. The number of rotatable bonds is 7. The van der Waals surface area contributed by atoms with Crippen molar-refractivity contribution in [3.05, 3.63) is 70.5 Å². The van der Waals surface area contributed by atoms with Crippen LogP contribution in [0.2, 0.25) is 0 Å². The van der Waals surface area contributed by atoms with Crippen molar-refractivity contribution in [3.63, 3.8) is 0 Å². The van der Waals surface area contributed by atoms with Gasteiger partial charge in [-0.15, -0.1) is 0 Å². The van der Waals surface area contributed by atoms with E-state index in [0.717, 1.165) is 36.1 Å². The summed E-state index contributed by atoms with van der Waals surface area (Å²) in [5.41, 5.74) is 4.32. The molecule has 6 rings (SSSR count). The number of imidazole rings is 1. The van der Waals surface area contributed by atoms with E-state index in [1.165, 1.54) is 37.0 Å². The van der Waals surface area contributed by atoms with Crippen molar-refractivity contribution in [2.75, 3.05) is 5.32 Å². The third-order valence-corrected chi connectivity index (χ3v) is 8.09. The lowest BCUT2D eigenvalue weighted by Crippen LogP contribution is -2.31. The summed E-state index contributed by atoms with van der Waals surface area (Å²) < 4.78 is 41.6. The van der Waals surface area contributed by atoms with Crippen LogP contribution in [0.1, 0.15) is 73.0 Å². The van der Waals surface area contributed by atoms with Gasteiger partial charge in [-0.2, -0.15) is 28.4 Å². The Morgan fingerprint density at radius 1 is 1.05 bits per heavy atom. The van der Waals surface area contributed by atoms with Gasteiger partial charge in [0.2, 0.25) is 5.82 Å². The third kappa shape index (κ3) is 4.96. The Kier molecular flexibility index (Phi) is 6.29. The van der Waals surface area contributed by atoms with Gasteiger partial charge >= 0.3 is 6.18 Å². The molecule has 200 valence electrons. The zero-order valence-corrected chi connectivity index (χ0v) is 21.9. The first-order chi connectivity index (χ1) is 18.7. The summed E-state index contributed by atoms with van der Waals surface area (Å²) in [6.45, 7) is 4.44. The van der Waals surface area contributed by atoms with E-state index in [-0.39, 0.29) is 18.4 Å². The number of nitrogens with one attached hydrogen (secondary N) is 1. The number of hydrogen-bond acceptors (Lipinski definition) is 5. The zero-order valence-electron chi connectivity index (χ0n) is 21.9. The van der Waals surface area contributed by atoms with Crippen LogP contribution in [0.15, 0.2) is 42.5 Å². The largest absolute Gasteiger partial charge is 0.416 e. The van der Waals surface area contributed by atoms with Gasteiger partial charge in [0, 0.05) is 18.2 Å². The number of halogens is 3. The van der Waals surface area contributed by atoms with Gasteiger partial charge < -0.3 is 9.88 Å². The molecule has 2 heterocycles. The molecule has 4 aromatic rings. The Labute approximate surface area is 224 Å². The highest BCUT2D eigenvalue weighted by atomic mass is 19.4. The van der Waals surface area contributed by atoms with Crippen LogP contribution < -0.4 is 5.32 Å². The van der Waals surface area contributed by atoms with Crippen LogP contribution in [0.25, 0.3) is 22.6 Å². The van der Waals surface area contributed by atoms with E-state index in [9.17, 15) is 18.4 Å². The lowest BCUT2D eigenvalue weighted by Gasteiger charge is -2.32. The Bertz CT molecular complexity index is 1570. The van der Waals surface area contributed by atoms with Crippen molar-refractivity contribution >= 4 is 17.0 Å². The highest BCUT2D eigenvalue weighted by molar-refractivity contribution is 5.88. The van der Waals surface area contributed by atoms with Gasteiger partial charge in [-0.1, -0.05) is 36.8 Å². The molecule has 2 aliphatic carbocycles. The van der Waals surface area contributed by atoms with Gasteiger partial charge in [0.1, 0.15) is 17.4 Å². The van der Waals surface area contributed by atoms with Crippen molar-refractivity contribution in [2.45, 2.75) is 70.6 Å². The Morgan fingerprint density at radius 3 is 2.38 bits per heavy atom. The molecule has 0 spiro atoms. The Balaban J connectivity index is 1.50. The van der Waals surface area contributed by atoms with Crippen molar-refractivity contribution in [1.82, 2.24) is 19.5 Å². The van der Waals surface area contributed by atoms with Crippen molar-refractivity contribution < 1.29 is 13.2 Å². The predicted molar refractivity (Wildman–Crippen MR) is 143 cm³/mol. The Morgan fingerprint density at radius 2 is 1.79 bits per heavy atom. The molecule has 1 atom stereocenters. The lowest BCUT2D eigenvalue weighted by atomic mass is 9.80. The van der Waals surface area contributed by atoms with Crippen molar-refractivity contribution in [3.8, 4) is 17.5 Å². The molecule has 9 heteroatoms. The second-order valence-electron chi connectivity index (χ2n) is 10.9. The fourth-order valence-electron chi connectivity index (χ4n) is 5.41. The van der Waals surface area contributed by atoms with E-state index < -0.39 is 11.7 Å². The topological polar surface area (TPSA) is 79.4 Å². The van der Waals surface area contributed by atoms with E-state index in [4.69, 9.17) is 4.98 Å². The minimum Gasteiger partial charge on any atom is -0.365 e. The third-order valence-electron chi connectivity index (χ3n) is 8.09. The first kappa shape index (κ1) is 25.4. The van der Waals surface area contributed by atoms with E-state index >= 15 is 0 Å². The SMILES string of the molecule is Cc1cc(C2CC2)ccc1-c1nc2nc(C#N)nc(N[C@H](C)C3CCC3)c2n1Cc1ccc(C(F)(F)F)cc1. The summed E-state index contributed by atoms with van der Waals surface area (Å²) in [7, 11) is 0. The molecule has 0 radical (unpaired) electrons. The van der Waals surface area contributed by atoms with Gasteiger partial charge in [-0.3, -0.25) is 0 Å². The molecule has 2 saturated carbocycles. The van der Waals surface area contributed by atoms with Crippen LogP contribution in [0.5, 0.6) is 0 Å². The van der Waals surface area contributed by atoms with E-state index in [0.29, 0.717) is 40.2 Å². The molecule has 0 saturated heterocycles. The summed E-state index contributed by atoms with van der Waals surface area (Å²) >= 11 is 0. The van der Waals surface area contributed by atoms with Gasteiger partial charge in [0.05, 0.1) is 5.56 Å². The van der Waals surface area contributed by atoms with Crippen molar-refractivity contribution in [2.24, 2.45) is 5.92 Å². The second kappa shape index (κ2) is 9.67. The normalized spacial score (nSPS) is 16.6. The molecular formula is C30H29F3N6. The molecule has 0 bridgehead atoms. The van der Waals surface area contributed by atoms with Crippen molar-refractivity contribution in [1.29, 1.82) is 5.26 Å². The number of nitriles is 1. The molecule has 2 fully saturated rings. The maximum atomic E-state index is 13.2. The summed E-state index contributed by atoms with van der Waals surface area (Å²) in [6, 6.07) is 13.8. The number of alkyl halides is 3. The van der Waals surface area contributed by atoms with Crippen LogP contribution in [-0.4, -0.2) is 25.6 Å². The molecule has 0 amide bonds. The summed E-state index contributed by atoms with van der Waals surface area (Å²) in [5.74, 6) is 2.32. The number of hydrogen-bond donors (Lipinski definition) is 1. The maximum Gasteiger partial charge on any atom is 0.416 e. The molecule has 2 aromatic carbocycles. The molecule has 2 aliphatic rings. The van der Waals surface area contributed by atoms with Crippen LogP contribution in [0, 0.1) is 24.2 Å². The average molecular weight is 531 g/mol. The number of benzene rings is 2. The quantitative estimate of drug-likeness (QED) is 0.273. The lowest BCUT2D eigenvalue weighted by molar-refractivity contribution is -0.137. The summed E-state index contributed by atoms with van der Waals surface area (Å²) in [5, 5.41) is 13.2. The highest BCUT2D eigenvalue weighted by Gasteiger charge is 2.31. The fourth-order valence-corrected chi connectivity index (χ4v) is 5.41. The fraction of sp³-hybridized carbons (Fsp3) is 0.400. The Hall–Kier alpha value is -3.93. The van der Waals surface area contributed by atoms with Crippen LogP contribution in [0.3, 0.4) is 0 Å². The minimum atomic E-state index is -4.40. The number of fused-ring (bicyclic) bond motifs is 1. The van der Waals surface area contributed by atoms with Crippen LogP contribution >= 0.6 is 0 Å². The number of aromatic nitrogens is 4. The first-order valence-electron chi connectivity index (χ1n) is 13.4. The second-order valence-corrected chi connectivity index (χ2v) is 10.9. The maximum absolute atomic E-state index is 13.2. The van der Waals surface area contributed by atoms with E-state index in [1.54, 1.807) is 0 Å². The summed E-state index contributed by atoms with van der Waals surface area (Å²) in [4.78, 5) is 13.8. The molecule has 1 N–H and O–H groups in total. The van der Waals surface area contributed by atoms with Gasteiger partial charge in [0.25, 0.3) is 0 Å². The first-order valence-corrected chi connectivity index (χ1v) is 13.4. The molecule has 0 unspecified atom stereocenters. The van der Waals surface area contributed by atoms with Crippen LogP contribution in [0.4, 0.5) is 19.0 Å². The number of aryl methyl sites for hydroxylation is 1. The number of nitrogens with zero attached hydrogens (tertiary/aromatic N) is 5. The molecule has 0 aliphatic heterocycles. The predicted octanol–water partition coefficient (Wildman–Crippen LogP) is 7.22. The average Bonchev–Trinajstić information content (AvgIpc) is 3.65. The molecule has 39 heavy (non-hydrogen) atoms. The standard InChI is InChI=1S/C30H29F3N6/c1-17-14-22(21-8-9-21)10-13-24(17)29-38-28-26(39(29)16-19-6-11-23(12-7-19)30(31,32)33)27(36-25(15-34)37-28)35-18(2)20-4-3-5-20/h6-7,10-14,18,20-21H,3-5,8-9,16H2,1-2H3,(H,35,36,37)/t18-/m1/s1. The molecule has 6 nitrogen and oxygen atoms in total. The molecular weight excluding hydrogens is 501 g/mol. The smallest absolute Gasteiger partial charge is 0.365 e. The van der Waals surface area contributed by atoms with Gasteiger partial charge in [-0.25, -0.2) is 4.98 Å². The van der Waals surface area contributed by atoms with E-state index in [2.05, 4.69) is 40.4 Å². The highest BCUT2D eigenvalue weighted by Crippen LogP contribution is 2.42. The zero-order chi connectivity index (χ0) is 27.3. The number of anilines is 1. The summed E-state index contributed by atoms with van der Waals surface area (Å²) in [6.07, 6.45) is 1.47. The van der Waals surface area contributed by atoms with Gasteiger partial charge in [0.15, 0.2) is 11.5 Å².